The SMILES string of the molecule is CCNC(=NCc1ccc(-n2cncn2)cc1)NCc1ccc(C)cc1OCCCOC.I. The number of benzene rings is 2. The molecular weight excluding hydrogens is 531 g/mol. The van der Waals surface area contributed by atoms with Gasteiger partial charge in [-0.25, -0.2) is 14.7 Å². The van der Waals surface area contributed by atoms with Gasteiger partial charge in [-0.2, -0.15) is 5.10 Å². The predicted molar refractivity (Wildman–Crippen MR) is 142 cm³/mol. The average molecular weight is 564 g/mol. The first-order valence-electron chi connectivity index (χ1n) is 10.9. The first kappa shape index (κ1) is 26.6. The highest BCUT2D eigenvalue weighted by Gasteiger charge is 2.06. The van der Waals surface area contributed by atoms with Crippen LogP contribution in [0.5, 0.6) is 5.75 Å². The standard InChI is InChI=1S/C24H32N6O2.HI/c1-4-26-24(27-15-20-7-10-22(11-8-20)30-18-25-17-29-30)28-16-21-9-6-19(2)14-23(21)32-13-5-12-31-3;/h6-11,14,17-18H,4-5,12-13,15-16H2,1-3H3,(H2,26,27,28);1H. The Bertz CT molecular complexity index is 977. The van der Waals surface area contributed by atoms with E-state index in [9.17, 15) is 0 Å². The lowest BCUT2D eigenvalue weighted by atomic mass is 10.1. The van der Waals surface area contributed by atoms with Crippen molar-refractivity contribution in [1.29, 1.82) is 0 Å². The number of aromatic nitrogens is 3. The molecule has 9 heteroatoms. The highest BCUT2D eigenvalue weighted by atomic mass is 127. The van der Waals surface area contributed by atoms with E-state index in [0.717, 1.165) is 41.5 Å². The fourth-order valence-electron chi connectivity index (χ4n) is 3.11. The number of hydrogen-bond acceptors (Lipinski definition) is 5. The summed E-state index contributed by atoms with van der Waals surface area (Å²) in [6.07, 6.45) is 4.06. The number of nitrogens with zero attached hydrogens (tertiary/aromatic N) is 4. The van der Waals surface area contributed by atoms with Gasteiger partial charge in [-0.3, -0.25) is 0 Å². The van der Waals surface area contributed by atoms with Crippen LogP contribution < -0.4 is 15.4 Å². The molecule has 3 rings (SSSR count). The molecule has 2 N–H and O–H groups in total. The summed E-state index contributed by atoms with van der Waals surface area (Å²) >= 11 is 0. The molecule has 0 aliphatic carbocycles. The summed E-state index contributed by atoms with van der Waals surface area (Å²) in [5.74, 6) is 1.66. The van der Waals surface area contributed by atoms with Gasteiger partial charge in [0.1, 0.15) is 18.4 Å². The van der Waals surface area contributed by atoms with E-state index in [2.05, 4.69) is 64.9 Å². The fourth-order valence-corrected chi connectivity index (χ4v) is 3.11. The predicted octanol–water partition coefficient (Wildman–Crippen LogP) is 3.86. The van der Waals surface area contributed by atoms with E-state index >= 15 is 0 Å². The van der Waals surface area contributed by atoms with Crippen LogP contribution in [-0.4, -0.2) is 47.6 Å². The van der Waals surface area contributed by atoms with Gasteiger partial charge >= 0.3 is 0 Å². The van der Waals surface area contributed by atoms with Gasteiger partial charge in [-0.15, -0.1) is 24.0 Å². The summed E-state index contributed by atoms with van der Waals surface area (Å²) in [6.45, 7) is 7.42. The molecule has 3 aromatic rings. The molecule has 1 aromatic heterocycles. The molecule has 2 aromatic carbocycles. The van der Waals surface area contributed by atoms with Crippen molar-refractivity contribution in [2.24, 2.45) is 4.99 Å². The number of halogens is 1. The van der Waals surface area contributed by atoms with Gasteiger partial charge in [0.05, 0.1) is 18.8 Å². The van der Waals surface area contributed by atoms with Crippen LogP contribution in [0.2, 0.25) is 0 Å². The molecule has 0 atom stereocenters. The van der Waals surface area contributed by atoms with E-state index < -0.39 is 0 Å². The maximum Gasteiger partial charge on any atom is 0.191 e. The normalized spacial score (nSPS) is 11.1. The third-order valence-corrected chi connectivity index (χ3v) is 4.80. The minimum atomic E-state index is 0. The second-order valence-electron chi connectivity index (χ2n) is 7.36. The zero-order chi connectivity index (χ0) is 22.6. The highest BCUT2D eigenvalue weighted by Crippen LogP contribution is 2.20. The third kappa shape index (κ3) is 8.65. The van der Waals surface area contributed by atoms with E-state index in [1.807, 2.05) is 12.1 Å². The van der Waals surface area contributed by atoms with Crippen molar-refractivity contribution < 1.29 is 9.47 Å². The molecule has 0 aliphatic rings. The van der Waals surface area contributed by atoms with Gasteiger partial charge in [0.15, 0.2) is 5.96 Å². The Kier molecular flexibility index (Phi) is 11.7. The molecule has 0 saturated heterocycles. The smallest absolute Gasteiger partial charge is 0.191 e. The number of ether oxygens (including phenoxy) is 2. The maximum absolute atomic E-state index is 5.99. The summed E-state index contributed by atoms with van der Waals surface area (Å²) < 4.78 is 12.8. The van der Waals surface area contributed by atoms with Crippen LogP contribution in [0.15, 0.2) is 60.1 Å². The van der Waals surface area contributed by atoms with Crippen molar-refractivity contribution in [2.45, 2.75) is 33.4 Å². The Morgan fingerprint density at radius 1 is 1.09 bits per heavy atom. The summed E-state index contributed by atoms with van der Waals surface area (Å²) in [5, 5.41) is 10.9. The molecule has 0 saturated carbocycles. The molecular formula is C24H33IN6O2. The largest absolute Gasteiger partial charge is 0.493 e. The Morgan fingerprint density at radius 2 is 1.91 bits per heavy atom. The molecule has 0 spiro atoms. The van der Waals surface area contributed by atoms with Crippen molar-refractivity contribution in [3.8, 4) is 11.4 Å². The van der Waals surface area contributed by atoms with Crippen molar-refractivity contribution >= 4 is 29.9 Å². The van der Waals surface area contributed by atoms with Crippen LogP contribution in [0.25, 0.3) is 5.69 Å². The number of aryl methyl sites for hydroxylation is 1. The van der Waals surface area contributed by atoms with Gasteiger partial charge in [0.25, 0.3) is 0 Å². The number of aliphatic imine (C=N–C) groups is 1. The van der Waals surface area contributed by atoms with Crippen LogP contribution in [0, 0.1) is 6.92 Å². The first-order chi connectivity index (χ1) is 15.7. The quantitative estimate of drug-likeness (QED) is 0.159. The lowest BCUT2D eigenvalue weighted by molar-refractivity contribution is 0.171. The Hall–Kier alpha value is -2.66. The van der Waals surface area contributed by atoms with Gasteiger partial charge in [-0.1, -0.05) is 24.3 Å². The minimum Gasteiger partial charge on any atom is -0.493 e. The maximum atomic E-state index is 5.99. The van der Waals surface area contributed by atoms with Crippen LogP contribution >= 0.6 is 24.0 Å². The van der Waals surface area contributed by atoms with Crippen molar-refractivity contribution in [3.05, 3.63) is 71.8 Å². The summed E-state index contributed by atoms with van der Waals surface area (Å²) in [4.78, 5) is 8.71. The first-order valence-corrected chi connectivity index (χ1v) is 10.9. The molecule has 8 nitrogen and oxygen atoms in total. The average Bonchev–Trinajstić information content (AvgIpc) is 3.35. The second kappa shape index (κ2) is 14.5. The minimum absolute atomic E-state index is 0. The van der Waals surface area contributed by atoms with Crippen molar-refractivity contribution in [3.63, 3.8) is 0 Å². The fraction of sp³-hybridized carbons (Fsp3) is 0.375. The van der Waals surface area contributed by atoms with E-state index in [-0.39, 0.29) is 24.0 Å². The third-order valence-electron chi connectivity index (χ3n) is 4.80. The second-order valence-corrected chi connectivity index (χ2v) is 7.36. The molecule has 0 fully saturated rings. The summed E-state index contributed by atoms with van der Waals surface area (Å²) in [6, 6.07) is 14.4. The number of methoxy groups -OCH3 is 1. The molecule has 33 heavy (non-hydrogen) atoms. The topological polar surface area (TPSA) is 85.6 Å². The van der Waals surface area contributed by atoms with Crippen LogP contribution in [-0.2, 0) is 17.8 Å². The van der Waals surface area contributed by atoms with Gasteiger partial charge < -0.3 is 20.1 Å². The van der Waals surface area contributed by atoms with Gasteiger partial charge in [-0.05, 0) is 43.2 Å². The molecule has 0 amide bonds. The van der Waals surface area contributed by atoms with E-state index in [1.165, 1.54) is 11.9 Å². The van der Waals surface area contributed by atoms with Gasteiger partial charge in [0, 0.05) is 38.8 Å². The molecule has 0 aliphatic heterocycles. The number of rotatable bonds is 11. The summed E-state index contributed by atoms with van der Waals surface area (Å²) in [7, 11) is 1.70. The van der Waals surface area contributed by atoms with E-state index in [1.54, 1.807) is 18.1 Å². The van der Waals surface area contributed by atoms with Crippen LogP contribution in [0.4, 0.5) is 0 Å². The van der Waals surface area contributed by atoms with Crippen LogP contribution in [0.3, 0.4) is 0 Å². The summed E-state index contributed by atoms with van der Waals surface area (Å²) in [5.41, 5.74) is 4.35. The van der Waals surface area contributed by atoms with E-state index in [4.69, 9.17) is 14.5 Å². The molecule has 0 radical (unpaired) electrons. The Morgan fingerprint density at radius 3 is 2.61 bits per heavy atom. The highest BCUT2D eigenvalue weighted by molar-refractivity contribution is 14.0. The van der Waals surface area contributed by atoms with Crippen molar-refractivity contribution in [2.75, 3.05) is 26.9 Å². The van der Waals surface area contributed by atoms with Crippen molar-refractivity contribution in [1.82, 2.24) is 25.4 Å². The molecule has 0 unspecified atom stereocenters. The lowest BCUT2D eigenvalue weighted by Crippen LogP contribution is -2.36. The molecule has 0 bridgehead atoms. The zero-order valence-corrected chi connectivity index (χ0v) is 21.8. The van der Waals surface area contributed by atoms with E-state index in [0.29, 0.717) is 26.3 Å². The Balaban J connectivity index is 0.00000385. The lowest BCUT2D eigenvalue weighted by Gasteiger charge is -2.15. The number of nitrogens with one attached hydrogen (secondary N) is 2. The molecule has 1 heterocycles. The number of guanidine groups is 1. The number of hydrogen-bond donors (Lipinski definition) is 2. The molecule has 178 valence electrons. The Labute approximate surface area is 212 Å². The van der Waals surface area contributed by atoms with Gasteiger partial charge in [0.2, 0.25) is 0 Å². The van der Waals surface area contributed by atoms with Crippen LogP contribution in [0.1, 0.15) is 30.0 Å². The zero-order valence-electron chi connectivity index (χ0n) is 19.5. The monoisotopic (exact) mass is 564 g/mol.